The number of allylic oxidation sites excluding steroid dienone is 1. The highest BCUT2D eigenvalue weighted by Gasteiger charge is 2.59. The van der Waals surface area contributed by atoms with E-state index < -0.39 is 17.9 Å². The molecule has 4 aliphatic rings. The topological polar surface area (TPSA) is 82.1 Å². The molecule has 4 aliphatic carbocycles. The van der Waals surface area contributed by atoms with E-state index in [4.69, 9.17) is 14.2 Å². The first-order valence-electron chi connectivity index (χ1n) is 17.7. The number of aliphatic hydroxyl groups is 1. The number of esters is 2. The predicted molar refractivity (Wildman–Crippen MR) is 170 cm³/mol. The Hall–Kier alpha value is -1.40. The van der Waals surface area contributed by atoms with Crippen LogP contribution in [-0.4, -0.2) is 50.1 Å². The van der Waals surface area contributed by atoms with Crippen LogP contribution in [0.25, 0.3) is 0 Å². The van der Waals surface area contributed by atoms with E-state index in [1.54, 1.807) is 7.11 Å². The van der Waals surface area contributed by atoms with Gasteiger partial charge in [-0.25, -0.2) is 0 Å². The van der Waals surface area contributed by atoms with Crippen LogP contribution in [0.3, 0.4) is 0 Å². The smallest absolute Gasteiger partial charge is 0.320 e. The SMILES string of the molecule is COCCOC(=O)C(CCCCO)C(=O)OC1CC[C@@]2(C)C(=CCC3C2CC[C@@]2(C)C3CC[C@@H]2[C@H](C)CCCC(C)C)C1. The minimum absolute atomic E-state index is 0.0377. The number of hydrogen-bond donors (Lipinski definition) is 1. The Labute approximate surface area is 262 Å². The number of fused-ring (bicyclic) bond motifs is 5. The van der Waals surface area contributed by atoms with Crippen LogP contribution in [0, 0.1) is 52.3 Å². The molecule has 0 spiro atoms. The van der Waals surface area contributed by atoms with E-state index in [1.165, 1.54) is 56.9 Å². The van der Waals surface area contributed by atoms with E-state index in [9.17, 15) is 14.7 Å². The Kier molecular flexibility index (Phi) is 12.2. The van der Waals surface area contributed by atoms with Crippen LogP contribution in [-0.2, 0) is 23.8 Å². The number of rotatable bonds is 15. The highest BCUT2D eigenvalue weighted by atomic mass is 16.6. The van der Waals surface area contributed by atoms with Crippen LogP contribution in [0.15, 0.2) is 11.6 Å². The third kappa shape index (κ3) is 7.71. The molecule has 0 amide bonds. The maximum Gasteiger partial charge on any atom is 0.320 e. The lowest BCUT2D eigenvalue weighted by atomic mass is 9.47. The molecule has 1 N–H and O–H groups in total. The van der Waals surface area contributed by atoms with Gasteiger partial charge in [0.05, 0.1) is 6.61 Å². The van der Waals surface area contributed by atoms with Crippen molar-refractivity contribution in [2.24, 2.45) is 52.3 Å². The van der Waals surface area contributed by atoms with Gasteiger partial charge in [-0.3, -0.25) is 9.59 Å². The molecule has 0 radical (unpaired) electrons. The third-order valence-electron chi connectivity index (χ3n) is 12.5. The van der Waals surface area contributed by atoms with Gasteiger partial charge >= 0.3 is 11.9 Å². The zero-order valence-corrected chi connectivity index (χ0v) is 28.2. The van der Waals surface area contributed by atoms with E-state index >= 15 is 0 Å². The Morgan fingerprint density at radius 1 is 0.930 bits per heavy atom. The van der Waals surface area contributed by atoms with Crippen LogP contribution >= 0.6 is 0 Å². The van der Waals surface area contributed by atoms with Gasteiger partial charge in [0.25, 0.3) is 0 Å². The maximum absolute atomic E-state index is 13.3. The number of hydrogen-bond acceptors (Lipinski definition) is 6. The van der Waals surface area contributed by atoms with Crippen molar-refractivity contribution in [3.05, 3.63) is 11.6 Å². The summed E-state index contributed by atoms with van der Waals surface area (Å²) in [5.74, 6) is 2.86. The summed E-state index contributed by atoms with van der Waals surface area (Å²) in [5, 5.41) is 9.20. The summed E-state index contributed by atoms with van der Waals surface area (Å²) in [5.41, 5.74) is 2.15. The van der Waals surface area contributed by atoms with Gasteiger partial charge in [0.2, 0.25) is 0 Å². The van der Waals surface area contributed by atoms with E-state index in [0.717, 1.165) is 54.8 Å². The second kappa shape index (κ2) is 15.3. The molecule has 4 rings (SSSR count). The molecule has 9 atom stereocenters. The van der Waals surface area contributed by atoms with Gasteiger partial charge in [0, 0.05) is 20.1 Å². The van der Waals surface area contributed by atoms with Crippen molar-refractivity contribution in [3.8, 4) is 0 Å². The number of carbonyl (C=O) groups excluding carboxylic acids is 2. The number of carbonyl (C=O) groups is 2. The Morgan fingerprint density at radius 2 is 1.72 bits per heavy atom. The summed E-state index contributed by atoms with van der Waals surface area (Å²) < 4.78 is 16.3. The standard InChI is InChI=1S/C37H62O6/c1-25(2)10-9-11-26(3)31-15-16-32-29-14-13-27-24-28(17-19-36(27,4)33(29)18-20-37(31,32)5)43-35(40)30(12-7-8-21-38)34(39)42-23-22-41-6/h13,25-26,28-33,38H,7-12,14-24H2,1-6H3/t26-,28?,29?,30?,31-,32?,33?,36+,37-/m1/s1. The van der Waals surface area contributed by atoms with Gasteiger partial charge in [-0.15, -0.1) is 0 Å². The van der Waals surface area contributed by atoms with Crippen molar-refractivity contribution in [1.29, 1.82) is 0 Å². The van der Waals surface area contributed by atoms with Gasteiger partial charge < -0.3 is 19.3 Å². The molecule has 0 bridgehead atoms. The van der Waals surface area contributed by atoms with Crippen molar-refractivity contribution >= 4 is 11.9 Å². The van der Waals surface area contributed by atoms with E-state index in [-0.39, 0.29) is 24.7 Å². The fourth-order valence-electron chi connectivity index (χ4n) is 10.1. The number of unbranched alkanes of at least 4 members (excludes halogenated alkanes) is 1. The highest BCUT2D eigenvalue weighted by Crippen LogP contribution is 2.67. The van der Waals surface area contributed by atoms with Crippen molar-refractivity contribution in [2.45, 2.75) is 131 Å². The van der Waals surface area contributed by atoms with E-state index in [1.807, 2.05) is 0 Å². The third-order valence-corrected chi connectivity index (χ3v) is 12.5. The second-order valence-electron chi connectivity index (χ2n) is 15.5. The number of methoxy groups -OCH3 is 1. The highest BCUT2D eigenvalue weighted by molar-refractivity contribution is 5.95. The zero-order chi connectivity index (χ0) is 31.2. The molecular weight excluding hydrogens is 540 g/mol. The summed E-state index contributed by atoms with van der Waals surface area (Å²) in [7, 11) is 1.55. The summed E-state index contributed by atoms with van der Waals surface area (Å²) in [6, 6.07) is 0. The molecule has 43 heavy (non-hydrogen) atoms. The molecule has 0 aromatic heterocycles. The fourth-order valence-corrected chi connectivity index (χ4v) is 10.1. The molecule has 6 nitrogen and oxygen atoms in total. The van der Waals surface area contributed by atoms with Gasteiger partial charge in [-0.2, -0.15) is 0 Å². The van der Waals surface area contributed by atoms with Crippen molar-refractivity contribution in [1.82, 2.24) is 0 Å². The van der Waals surface area contributed by atoms with E-state index in [0.29, 0.717) is 31.3 Å². The molecule has 5 unspecified atom stereocenters. The average molecular weight is 603 g/mol. The fraction of sp³-hybridized carbons (Fsp3) is 0.892. The summed E-state index contributed by atoms with van der Waals surface area (Å²) in [6.07, 6.45) is 17.2. The van der Waals surface area contributed by atoms with Crippen LogP contribution in [0.4, 0.5) is 0 Å². The lowest BCUT2D eigenvalue weighted by Gasteiger charge is -2.58. The minimum atomic E-state index is -0.944. The lowest BCUT2D eigenvalue weighted by Crippen LogP contribution is -2.51. The average Bonchev–Trinajstić information content (AvgIpc) is 3.32. The quantitative estimate of drug-likeness (QED) is 0.0888. The first kappa shape index (κ1) is 34.5. The van der Waals surface area contributed by atoms with Crippen molar-refractivity contribution in [2.75, 3.05) is 26.9 Å². The first-order valence-corrected chi connectivity index (χ1v) is 17.7. The normalized spacial score (nSPS) is 34.9. The van der Waals surface area contributed by atoms with Crippen molar-refractivity contribution in [3.63, 3.8) is 0 Å². The summed E-state index contributed by atoms with van der Waals surface area (Å²) in [6.45, 7) is 12.8. The van der Waals surface area contributed by atoms with Crippen LogP contribution in [0.2, 0.25) is 0 Å². The molecule has 3 fully saturated rings. The molecule has 0 aliphatic heterocycles. The zero-order valence-electron chi connectivity index (χ0n) is 28.2. The maximum atomic E-state index is 13.3. The first-order chi connectivity index (χ1) is 20.5. The molecule has 6 heteroatoms. The predicted octanol–water partition coefficient (Wildman–Crippen LogP) is 7.91. The van der Waals surface area contributed by atoms with Crippen molar-refractivity contribution < 1.29 is 28.9 Å². The van der Waals surface area contributed by atoms with Crippen LogP contribution in [0.5, 0.6) is 0 Å². The molecule has 0 saturated heterocycles. The molecule has 0 heterocycles. The van der Waals surface area contributed by atoms with Gasteiger partial charge in [-0.1, -0.05) is 65.5 Å². The molecular formula is C37H62O6. The van der Waals surface area contributed by atoms with Gasteiger partial charge in [0.15, 0.2) is 5.92 Å². The lowest BCUT2D eigenvalue weighted by molar-refractivity contribution is -0.167. The number of ether oxygens (including phenoxy) is 3. The second-order valence-corrected chi connectivity index (χ2v) is 15.5. The summed E-state index contributed by atoms with van der Waals surface area (Å²) >= 11 is 0. The Morgan fingerprint density at radius 3 is 2.44 bits per heavy atom. The number of aliphatic hydroxyl groups excluding tert-OH is 1. The Balaban J connectivity index is 1.38. The van der Waals surface area contributed by atoms with E-state index in [2.05, 4.69) is 40.7 Å². The molecule has 0 aromatic rings. The molecule has 0 aromatic carbocycles. The molecule has 246 valence electrons. The summed E-state index contributed by atoms with van der Waals surface area (Å²) in [4.78, 5) is 26.0. The van der Waals surface area contributed by atoms with Crippen LogP contribution in [0.1, 0.15) is 125 Å². The molecule has 3 saturated carbocycles. The van der Waals surface area contributed by atoms with Gasteiger partial charge in [-0.05, 0) is 111 Å². The largest absolute Gasteiger partial charge is 0.463 e. The monoisotopic (exact) mass is 602 g/mol. The Bertz CT molecular complexity index is 959. The van der Waals surface area contributed by atoms with Gasteiger partial charge in [0.1, 0.15) is 12.7 Å². The minimum Gasteiger partial charge on any atom is -0.463 e. The van der Waals surface area contributed by atoms with Crippen LogP contribution < -0.4 is 0 Å².